The zero-order valence-electron chi connectivity index (χ0n) is 29.4. The van der Waals surface area contributed by atoms with Gasteiger partial charge in [0.15, 0.2) is 0 Å². The maximum absolute atomic E-state index is 14.5. The Balaban J connectivity index is 1.13. The number of carbonyl (C=O) groups is 1. The first kappa shape index (κ1) is 36.8. The first-order valence-electron chi connectivity index (χ1n) is 17.7. The molecule has 53 heavy (non-hydrogen) atoms. The molecule has 2 fully saturated rings. The fourth-order valence-corrected chi connectivity index (χ4v) is 7.56. The third-order valence-electron chi connectivity index (χ3n) is 10.00. The molecule has 1 aromatic carbocycles. The van der Waals surface area contributed by atoms with E-state index in [1.165, 1.54) is 7.11 Å². The maximum Gasteiger partial charge on any atom is 0.419 e. The zero-order chi connectivity index (χ0) is 37.1. The van der Waals surface area contributed by atoms with Crippen molar-refractivity contribution in [3.8, 4) is 34.3 Å². The predicted molar refractivity (Wildman–Crippen MR) is 194 cm³/mol. The molecule has 11 nitrogen and oxygen atoms in total. The van der Waals surface area contributed by atoms with E-state index in [9.17, 15) is 18.0 Å². The second-order valence-corrected chi connectivity index (χ2v) is 13.8. The number of nitrogens with one attached hydrogen (secondary N) is 4. The molecule has 4 aromatic rings. The lowest BCUT2D eigenvalue weighted by molar-refractivity contribution is -0.137. The van der Waals surface area contributed by atoms with E-state index < -0.39 is 17.8 Å². The number of carbonyl (C=O) groups excluding carboxylic acids is 1. The fraction of sp³-hybridized carbons (Fsp3) is 0.421. The van der Waals surface area contributed by atoms with E-state index in [2.05, 4.69) is 31.2 Å². The lowest BCUT2D eigenvalue weighted by atomic mass is 9.98. The van der Waals surface area contributed by atoms with Crippen molar-refractivity contribution >= 4 is 23.3 Å². The van der Waals surface area contributed by atoms with Gasteiger partial charge in [0.2, 0.25) is 17.7 Å². The van der Waals surface area contributed by atoms with Gasteiger partial charge in [0.05, 0.1) is 48.4 Å². The van der Waals surface area contributed by atoms with Crippen LogP contribution in [0.3, 0.4) is 0 Å². The molecule has 5 heterocycles. The number of benzene rings is 1. The molecular weight excluding hydrogens is 711 g/mol. The maximum atomic E-state index is 14.5. The normalized spacial score (nSPS) is 18.9. The Bertz CT molecular complexity index is 1980. The molecular formula is C38H41ClF3N7O4. The van der Waals surface area contributed by atoms with E-state index in [1.54, 1.807) is 13.3 Å². The molecule has 7 rings (SSSR count). The number of pyridine rings is 3. The molecule has 280 valence electrons. The molecule has 0 unspecified atom stereocenters. The first-order chi connectivity index (χ1) is 25.6. The molecule has 0 radical (unpaired) electrons. The minimum atomic E-state index is -4.68. The largest absolute Gasteiger partial charge is 0.481 e. The third-order valence-corrected chi connectivity index (χ3v) is 10.3. The van der Waals surface area contributed by atoms with Crippen molar-refractivity contribution in [2.45, 2.75) is 76.0 Å². The van der Waals surface area contributed by atoms with Crippen molar-refractivity contribution in [1.29, 1.82) is 0 Å². The molecule has 3 aliphatic rings. The van der Waals surface area contributed by atoms with Crippen LogP contribution in [0, 0.1) is 0 Å². The van der Waals surface area contributed by atoms with Gasteiger partial charge in [0.25, 0.3) is 0 Å². The summed E-state index contributed by atoms with van der Waals surface area (Å²) in [6.45, 7) is 2.07. The summed E-state index contributed by atoms with van der Waals surface area (Å²) < 4.78 is 60.0. The summed E-state index contributed by atoms with van der Waals surface area (Å²) in [7, 11) is 2.96. The van der Waals surface area contributed by atoms with E-state index in [0.29, 0.717) is 60.6 Å². The Morgan fingerprint density at radius 1 is 0.943 bits per heavy atom. The lowest BCUT2D eigenvalue weighted by Crippen LogP contribution is -2.38. The number of methoxy groups -OCH3 is 2. The molecule has 1 amide bonds. The van der Waals surface area contributed by atoms with Crippen molar-refractivity contribution in [2.24, 2.45) is 0 Å². The van der Waals surface area contributed by atoms with Crippen LogP contribution in [0.5, 0.6) is 11.8 Å². The highest BCUT2D eigenvalue weighted by Crippen LogP contribution is 2.43. The number of anilines is 1. The van der Waals surface area contributed by atoms with Crippen molar-refractivity contribution in [3.63, 3.8) is 0 Å². The highest BCUT2D eigenvalue weighted by Gasteiger charge is 2.37. The van der Waals surface area contributed by atoms with Gasteiger partial charge < -0.3 is 30.2 Å². The van der Waals surface area contributed by atoms with Gasteiger partial charge in [0.1, 0.15) is 5.82 Å². The van der Waals surface area contributed by atoms with Crippen molar-refractivity contribution in [1.82, 2.24) is 30.9 Å². The molecule has 0 saturated carbocycles. The topological polar surface area (TPSA) is 132 Å². The third kappa shape index (κ3) is 8.20. The highest BCUT2D eigenvalue weighted by atomic mass is 35.5. The average Bonchev–Trinajstić information content (AvgIpc) is 3.78. The van der Waals surface area contributed by atoms with Gasteiger partial charge in [-0.25, -0.2) is 4.98 Å². The summed E-state index contributed by atoms with van der Waals surface area (Å²) in [5.74, 6) is 0.134. The first-order valence-corrected chi connectivity index (χ1v) is 18.1. The number of fused-ring (bicyclic) bond motifs is 1. The Kier molecular flexibility index (Phi) is 11.0. The Morgan fingerprint density at radius 2 is 1.70 bits per heavy atom. The summed E-state index contributed by atoms with van der Waals surface area (Å²) >= 11 is 6.82. The second kappa shape index (κ2) is 15.8. The molecule has 0 bridgehead atoms. The van der Waals surface area contributed by atoms with E-state index in [4.69, 9.17) is 30.8 Å². The summed E-state index contributed by atoms with van der Waals surface area (Å²) in [4.78, 5) is 25.4. The van der Waals surface area contributed by atoms with Crippen LogP contribution in [0.15, 0.2) is 48.7 Å². The standard InChI is InChI=1S/C38H41ClF3N7O4/c1-51-36-23(19-44-24-11-14-53-15-12-24)17-29(39)34(48-36)21-10-13-43-31(18-21)27-5-3-4-26-25(27)6-7-30(26)46-35-28(38(40,41)42)16-22(37(49-35)52-2)20-45-32-8-9-33(50)47-32/h3-5,10,13,16-18,24,30,32,44-45H,6-9,11-12,14-15,19-20H2,1-2H3,(H,46,49)(H,47,50)/t30-,32+/m1/s1. The Morgan fingerprint density at radius 3 is 2.43 bits per heavy atom. The number of nitrogens with zero attached hydrogens (tertiary/aromatic N) is 3. The fourth-order valence-electron chi connectivity index (χ4n) is 7.27. The number of hydrogen-bond acceptors (Lipinski definition) is 10. The Hall–Kier alpha value is -4.50. The van der Waals surface area contributed by atoms with Gasteiger partial charge in [-0.05, 0) is 67.5 Å². The number of rotatable bonds is 12. The van der Waals surface area contributed by atoms with E-state index >= 15 is 0 Å². The number of alkyl halides is 3. The summed E-state index contributed by atoms with van der Waals surface area (Å²) in [5.41, 5.74) is 4.92. The van der Waals surface area contributed by atoms with Crippen LogP contribution in [0.25, 0.3) is 22.5 Å². The average molecular weight is 752 g/mol. The number of aromatic nitrogens is 3. The van der Waals surface area contributed by atoms with Crippen molar-refractivity contribution < 1.29 is 32.2 Å². The van der Waals surface area contributed by atoms with Crippen LogP contribution < -0.4 is 30.7 Å². The molecule has 3 aromatic heterocycles. The number of halogens is 4. The summed E-state index contributed by atoms with van der Waals surface area (Å²) in [6, 6.07) is 12.4. The molecule has 2 atom stereocenters. The van der Waals surface area contributed by atoms with Gasteiger partial charge in [-0.15, -0.1) is 0 Å². The van der Waals surface area contributed by atoms with Crippen LogP contribution >= 0.6 is 11.6 Å². The van der Waals surface area contributed by atoms with Crippen LogP contribution in [0.2, 0.25) is 5.02 Å². The van der Waals surface area contributed by atoms with Crippen LogP contribution in [0.4, 0.5) is 19.0 Å². The molecule has 1 aliphatic carbocycles. The second-order valence-electron chi connectivity index (χ2n) is 13.4. The van der Waals surface area contributed by atoms with E-state index in [0.717, 1.165) is 59.9 Å². The highest BCUT2D eigenvalue weighted by molar-refractivity contribution is 6.33. The van der Waals surface area contributed by atoms with Gasteiger partial charge in [-0.2, -0.15) is 18.2 Å². The number of hydrogen-bond donors (Lipinski definition) is 4. The van der Waals surface area contributed by atoms with Gasteiger partial charge in [-0.3, -0.25) is 15.1 Å². The quantitative estimate of drug-likeness (QED) is 0.126. The molecule has 2 saturated heterocycles. The van der Waals surface area contributed by atoms with Crippen LogP contribution in [-0.4, -0.2) is 60.5 Å². The summed E-state index contributed by atoms with van der Waals surface area (Å²) in [6.07, 6.45) is 0.644. The number of amides is 1. The molecule has 4 N–H and O–H groups in total. The van der Waals surface area contributed by atoms with Gasteiger partial charge in [0, 0.05) is 67.2 Å². The monoisotopic (exact) mass is 751 g/mol. The molecule has 15 heteroatoms. The molecule has 0 spiro atoms. The van der Waals surface area contributed by atoms with Crippen molar-refractivity contribution in [3.05, 3.63) is 81.5 Å². The van der Waals surface area contributed by atoms with E-state index in [-0.39, 0.29) is 35.9 Å². The minimum Gasteiger partial charge on any atom is -0.481 e. The summed E-state index contributed by atoms with van der Waals surface area (Å²) in [5, 5.41) is 13.0. The van der Waals surface area contributed by atoms with Gasteiger partial charge in [-0.1, -0.05) is 29.8 Å². The van der Waals surface area contributed by atoms with Crippen LogP contribution in [0.1, 0.15) is 66.0 Å². The molecule has 2 aliphatic heterocycles. The van der Waals surface area contributed by atoms with Gasteiger partial charge >= 0.3 is 6.18 Å². The van der Waals surface area contributed by atoms with Crippen molar-refractivity contribution in [2.75, 3.05) is 32.8 Å². The predicted octanol–water partition coefficient (Wildman–Crippen LogP) is 6.59. The Labute approximate surface area is 310 Å². The number of ether oxygens (including phenoxy) is 3. The lowest BCUT2D eigenvalue weighted by Gasteiger charge is -2.23. The minimum absolute atomic E-state index is 0.0393. The zero-order valence-corrected chi connectivity index (χ0v) is 30.2. The van der Waals surface area contributed by atoms with E-state index in [1.807, 2.05) is 36.4 Å². The SMILES string of the molecule is COc1nc(N[C@@H]2CCc3c(-c4cc(-c5nc(OC)c(CNC6CCOCC6)cc5Cl)ccn4)cccc32)c(C(F)(F)F)cc1CN[C@@H]1CCC(=O)N1. The smallest absolute Gasteiger partial charge is 0.419 e. The van der Waals surface area contributed by atoms with Crippen LogP contribution in [-0.2, 0) is 35.2 Å².